The van der Waals surface area contributed by atoms with Crippen LogP contribution in [0.1, 0.15) is 23.2 Å². The Labute approximate surface area is 207 Å². The van der Waals surface area contributed by atoms with Crippen molar-refractivity contribution in [3.05, 3.63) is 72.7 Å². The van der Waals surface area contributed by atoms with Gasteiger partial charge in [0.2, 0.25) is 5.82 Å². The molecule has 1 saturated heterocycles. The summed E-state index contributed by atoms with van der Waals surface area (Å²) in [5.74, 6) is 1.11. The highest BCUT2D eigenvalue weighted by molar-refractivity contribution is 6.10. The Morgan fingerprint density at radius 2 is 1.94 bits per heavy atom. The number of aromatic amines is 1. The third-order valence-electron chi connectivity index (χ3n) is 6.56. The number of benzene rings is 2. The van der Waals surface area contributed by atoms with Gasteiger partial charge in [-0.2, -0.15) is 9.90 Å². The van der Waals surface area contributed by atoms with E-state index in [-0.39, 0.29) is 11.9 Å². The lowest BCUT2D eigenvalue weighted by atomic mass is 10.0. The topological polar surface area (TPSA) is 118 Å². The third kappa shape index (κ3) is 4.11. The molecule has 6 rings (SSSR count). The standard InChI is InChI=1S/C26H25N9O/c1-34-32-24(31-33-34)17-4-6-18(7-5-17)26(36)35(22-3-2-11-27-16-22)25-23-9-8-19(21-14-29-30-15-21)13-20(23)10-12-28-25/h4-10,12-15,22,27H,2-3,11,16H2,1H3,(H,29,30). The van der Waals surface area contributed by atoms with E-state index in [2.05, 4.69) is 37.0 Å². The van der Waals surface area contributed by atoms with E-state index in [1.54, 1.807) is 19.4 Å². The normalized spacial score (nSPS) is 15.8. The number of nitrogens with one attached hydrogen (secondary N) is 2. The van der Waals surface area contributed by atoms with Crippen LogP contribution in [0.4, 0.5) is 5.82 Å². The average molecular weight is 480 g/mol. The Bertz CT molecular complexity index is 1500. The van der Waals surface area contributed by atoms with Crippen molar-refractivity contribution in [2.75, 3.05) is 18.0 Å². The average Bonchev–Trinajstić information content (AvgIpc) is 3.62. The molecule has 1 aliphatic rings. The van der Waals surface area contributed by atoms with E-state index in [1.165, 1.54) is 4.80 Å². The number of fused-ring (bicyclic) bond motifs is 1. The molecule has 180 valence electrons. The minimum Gasteiger partial charge on any atom is -0.315 e. The van der Waals surface area contributed by atoms with E-state index in [0.717, 1.165) is 53.4 Å². The van der Waals surface area contributed by atoms with Gasteiger partial charge in [0, 0.05) is 41.0 Å². The van der Waals surface area contributed by atoms with Crippen LogP contribution in [-0.2, 0) is 7.05 Å². The Morgan fingerprint density at radius 1 is 1.08 bits per heavy atom. The van der Waals surface area contributed by atoms with E-state index < -0.39 is 0 Å². The molecule has 2 N–H and O–H groups in total. The van der Waals surface area contributed by atoms with Gasteiger partial charge in [-0.15, -0.1) is 10.2 Å². The Balaban J connectivity index is 1.39. The van der Waals surface area contributed by atoms with Gasteiger partial charge in [-0.05, 0) is 59.8 Å². The molecule has 1 fully saturated rings. The molecule has 4 heterocycles. The second-order valence-electron chi connectivity index (χ2n) is 8.91. The van der Waals surface area contributed by atoms with Crippen LogP contribution in [0, 0.1) is 0 Å². The molecule has 0 saturated carbocycles. The molecule has 10 nitrogen and oxygen atoms in total. The number of amides is 1. The lowest BCUT2D eigenvalue weighted by Gasteiger charge is -2.34. The number of pyridine rings is 1. The predicted octanol–water partition coefficient (Wildman–Crippen LogP) is 3.21. The van der Waals surface area contributed by atoms with Crippen molar-refractivity contribution >= 4 is 22.5 Å². The zero-order chi connectivity index (χ0) is 24.5. The molecule has 36 heavy (non-hydrogen) atoms. The number of aromatic nitrogens is 7. The molecule has 1 aliphatic heterocycles. The summed E-state index contributed by atoms with van der Waals surface area (Å²) in [6, 6.07) is 15.5. The number of hydrogen-bond donors (Lipinski definition) is 2. The zero-order valence-electron chi connectivity index (χ0n) is 19.8. The van der Waals surface area contributed by atoms with Crippen molar-refractivity contribution in [3.8, 4) is 22.5 Å². The summed E-state index contributed by atoms with van der Waals surface area (Å²) in [5.41, 5.74) is 3.46. The molecule has 2 aromatic carbocycles. The summed E-state index contributed by atoms with van der Waals surface area (Å²) >= 11 is 0. The third-order valence-corrected chi connectivity index (χ3v) is 6.56. The number of carbonyl (C=O) groups is 1. The summed E-state index contributed by atoms with van der Waals surface area (Å²) in [6.45, 7) is 1.67. The second-order valence-corrected chi connectivity index (χ2v) is 8.91. The summed E-state index contributed by atoms with van der Waals surface area (Å²) in [7, 11) is 1.72. The number of carbonyl (C=O) groups excluding carboxylic acids is 1. The fraction of sp³-hybridized carbons (Fsp3) is 0.231. The van der Waals surface area contributed by atoms with Gasteiger partial charge < -0.3 is 5.32 Å². The second kappa shape index (κ2) is 9.31. The predicted molar refractivity (Wildman–Crippen MR) is 136 cm³/mol. The first-order chi connectivity index (χ1) is 17.7. The molecule has 1 unspecified atom stereocenters. The number of aryl methyl sites for hydroxylation is 1. The zero-order valence-corrected chi connectivity index (χ0v) is 19.8. The Morgan fingerprint density at radius 3 is 2.67 bits per heavy atom. The lowest BCUT2D eigenvalue weighted by Crippen LogP contribution is -2.49. The van der Waals surface area contributed by atoms with Crippen LogP contribution in [0.2, 0.25) is 0 Å². The Kier molecular flexibility index (Phi) is 5.70. The molecule has 0 bridgehead atoms. The van der Waals surface area contributed by atoms with Crippen molar-refractivity contribution in [3.63, 3.8) is 0 Å². The van der Waals surface area contributed by atoms with Gasteiger partial charge in [0.1, 0.15) is 5.82 Å². The number of H-pyrrole nitrogens is 1. The highest BCUT2D eigenvalue weighted by Crippen LogP contribution is 2.32. The summed E-state index contributed by atoms with van der Waals surface area (Å²) in [5, 5.41) is 24.5. The first-order valence-electron chi connectivity index (χ1n) is 11.9. The van der Waals surface area contributed by atoms with Crippen molar-refractivity contribution < 1.29 is 4.79 Å². The number of nitrogens with zero attached hydrogens (tertiary/aromatic N) is 7. The smallest absolute Gasteiger partial charge is 0.259 e. The number of piperidine rings is 1. The van der Waals surface area contributed by atoms with Gasteiger partial charge in [0.05, 0.1) is 19.3 Å². The first-order valence-corrected chi connectivity index (χ1v) is 11.9. The first kappa shape index (κ1) is 22.1. The molecule has 3 aromatic heterocycles. The summed E-state index contributed by atoms with van der Waals surface area (Å²) in [6.07, 6.45) is 7.35. The van der Waals surface area contributed by atoms with Crippen LogP contribution in [0.3, 0.4) is 0 Å². The highest BCUT2D eigenvalue weighted by Gasteiger charge is 2.30. The fourth-order valence-electron chi connectivity index (χ4n) is 4.73. The SMILES string of the molecule is Cn1nnc(-c2ccc(C(=O)N(c3nccc4cc(-c5cn[nH]c5)ccc34)C3CCCNC3)cc2)n1. The maximum Gasteiger partial charge on any atom is 0.259 e. The van der Waals surface area contributed by atoms with Crippen LogP contribution >= 0.6 is 0 Å². The van der Waals surface area contributed by atoms with Crippen molar-refractivity contribution in [1.29, 1.82) is 0 Å². The van der Waals surface area contributed by atoms with Gasteiger partial charge in [-0.25, -0.2) is 4.98 Å². The minimum absolute atomic E-state index is 0.000710. The van der Waals surface area contributed by atoms with E-state index in [0.29, 0.717) is 17.2 Å². The number of rotatable bonds is 5. The van der Waals surface area contributed by atoms with E-state index in [4.69, 9.17) is 4.98 Å². The van der Waals surface area contributed by atoms with E-state index >= 15 is 0 Å². The maximum atomic E-state index is 14.0. The molecule has 0 radical (unpaired) electrons. The molecule has 1 atom stereocenters. The van der Waals surface area contributed by atoms with Gasteiger partial charge in [0.15, 0.2) is 0 Å². The highest BCUT2D eigenvalue weighted by atomic mass is 16.2. The van der Waals surface area contributed by atoms with Gasteiger partial charge in [-0.3, -0.25) is 14.8 Å². The largest absolute Gasteiger partial charge is 0.315 e. The molecule has 5 aromatic rings. The quantitative estimate of drug-likeness (QED) is 0.397. The molecule has 0 aliphatic carbocycles. The maximum absolute atomic E-state index is 14.0. The van der Waals surface area contributed by atoms with Crippen molar-refractivity contribution in [2.45, 2.75) is 18.9 Å². The van der Waals surface area contributed by atoms with Crippen LogP contribution < -0.4 is 10.2 Å². The number of hydrogen-bond acceptors (Lipinski definition) is 7. The minimum atomic E-state index is -0.0822. The molecule has 1 amide bonds. The lowest BCUT2D eigenvalue weighted by molar-refractivity contribution is 0.0972. The van der Waals surface area contributed by atoms with E-state index in [9.17, 15) is 4.79 Å². The molecular weight excluding hydrogens is 454 g/mol. The number of anilines is 1. The van der Waals surface area contributed by atoms with Crippen molar-refractivity contribution in [2.24, 2.45) is 7.05 Å². The monoisotopic (exact) mass is 479 g/mol. The summed E-state index contributed by atoms with van der Waals surface area (Å²) in [4.78, 5) is 22.0. The van der Waals surface area contributed by atoms with Crippen LogP contribution in [0.25, 0.3) is 33.3 Å². The van der Waals surface area contributed by atoms with Gasteiger partial charge in [0.25, 0.3) is 5.91 Å². The van der Waals surface area contributed by atoms with E-state index in [1.807, 2.05) is 53.6 Å². The fourth-order valence-corrected chi connectivity index (χ4v) is 4.73. The summed E-state index contributed by atoms with van der Waals surface area (Å²) < 4.78 is 0. The van der Waals surface area contributed by atoms with Crippen LogP contribution in [-0.4, -0.2) is 60.4 Å². The van der Waals surface area contributed by atoms with Crippen LogP contribution in [0.15, 0.2) is 67.1 Å². The van der Waals surface area contributed by atoms with Crippen molar-refractivity contribution in [1.82, 2.24) is 40.7 Å². The van der Waals surface area contributed by atoms with Gasteiger partial charge in [-0.1, -0.05) is 24.3 Å². The molecular formula is C26H25N9O. The molecule has 0 spiro atoms. The molecule has 10 heteroatoms. The van der Waals surface area contributed by atoms with Crippen LogP contribution in [0.5, 0.6) is 0 Å². The number of tetrazole rings is 1. The Hall–Kier alpha value is -4.44. The van der Waals surface area contributed by atoms with Gasteiger partial charge >= 0.3 is 0 Å².